The van der Waals surface area contributed by atoms with Crippen LogP contribution in [0.5, 0.6) is 0 Å². The van der Waals surface area contributed by atoms with E-state index in [0.29, 0.717) is 0 Å². The van der Waals surface area contributed by atoms with Crippen LogP contribution >= 0.6 is 11.8 Å². The second kappa shape index (κ2) is 7.83. The molecule has 0 amide bonds. The van der Waals surface area contributed by atoms with Gasteiger partial charge in [0, 0.05) is 6.92 Å². The van der Waals surface area contributed by atoms with E-state index in [1.54, 1.807) is 30.5 Å². The molecule has 6 heteroatoms. The van der Waals surface area contributed by atoms with Crippen molar-refractivity contribution in [2.45, 2.75) is 38.7 Å². The normalized spacial score (nSPS) is 14.0. The van der Waals surface area contributed by atoms with Crippen molar-refractivity contribution in [1.29, 1.82) is 0 Å². The highest BCUT2D eigenvalue weighted by Gasteiger charge is 2.24. The average Bonchev–Trinajstić information content (AvgIpc) is 2.42. The van der Waals surface area contributed by atoms with Crippen LogP contribution in [0.25, 0.3) is 0 Å². The molecule has 0 N–H and O–H groups in total. The Hall–Kier alpha value is -1.27. The summed E-state index contributed by atoms with van der Waals surface area (Å²) >= 11 is 1.13. The first-order chi connectivity index (χ1) is 10.2. The fraction of sp³-hybridized carbons (Fsp3) is 0.438. The third-order valence-corrected chi connectivity index (χ3v) is 6.31. The van der Waals surface area contributed by atoms with Gasteiger partial charge in [-0.15, -0.1) is 11.8 Å². The van der Waals surface area contributed by atoms with Crippen molar-refractivity contribution in [3.8, 4) is 0 Å². The Morgan fingerprint density at radius 3 is 2.18 bits per heavy atom. The molecular weight excluding hydrogens is 320 g/mol. The van der Waals surface area contributed by atoms with Gasteiger partial charge >= 0.3 is 5.97 Å². The number of rotatable bonds is 6. The predicted octanol–water partition coefficient (Wildman–Crippen LogP) is 3.56. The highest BCUT2D eigenvalue weighted by molar-refractivity contribution is 8.18. The van der Waals surface area contributed by atoms with E-state index in [0.717, 1.165) is 17.3 Å². The Kier molecular flexibility index (Phi) is 6.68. The van der Waals surface area contributed by atoms with Gasteiger partial charge < -0.3 is 4.74 Å². The first kappa shape index (κ1) is 18.8. The maximum Gasteiger partial charge on any atom is 0.303 e. The van der Waals surface area contributed by atoms with Crippen LogP contribution < -0.4 is 0 Å². The lowest BCUT2D eigenvalue weighted by atomic mass is 10.1. The summed E-state index contributed by atoms with van der Waals surface area (Å²) in [6, 6.07) is 6.70. The summed E-state index contributed by atoms with van der Waals surface area (Å²) in [7, 11) is -3.60. The number of ether oxygens (including phenoxy) is 1. The van der Waals surface area contributed by atoms with Crippen molar-refractivity contribution < 1.29 is 17.9 Å². The minimum atomic E-state index is -3.60. The molecule has 0 saturated carbocycles. The van der Waals surface area contributed by atoms with Crippen molar-refractivity contribution in [2.24, 2.45) is 5.92 Å². The molecule has 0 spiro atoms. The number of sulfone groups is 1. The maximum absolute atomic E-state index is 12.7. The summed E-state index contributed by atoms with van der Waals surface area (Å²) in [6.45, 7) is 6.97. The third-order valence-electron chi connectivity index (χ3n) is 3.06. The van der Waals surface area contributed by atoms with Gasteiger partial charge in [0.15, 0.2) is 0 Å². The first-order valence-corrected chi connectivity index (χ1v) is 9.64. The number of thioether (sulfide) groups is 1. The van der Waals surface area contributed by atoms with E-state index in [9.17, 15) is 13.2 Å². The summed E-state index contributed by atoms with van der Waals surface area (Å²) < 4.78 is 30.8. The Labute approximate surface area is 136 Å². The zero-order chi connectivity index (χ0) is 16.9. The predicted molar refractivity (Wildman–Crippen MR) is 90.4 cm³/mol. The molecule has 0 aliphatic rings. The number of benzene rings is 1. The first-order valence-electron chi connectivity index (χ1n) is 6.93. The minimum Gasteiger partial charge on any atom is -0.458 e. The molecule has 0 fully saturated rings. The second-order valence-corrected chi connectivity index (χ2v) is 8.35. The van der Waals surface area contributed by atoms with Gasteiger partial charge in [-0.25, -0.2) is 8.42 Å². The molecule has 0 aromatic heterocycles. The van der Waals surface area contributed by atoms with E-state index < -0.39 is 21.9 Å². The Bertz CT molecular complexity index is 643. The lowest BCUT2D eigenvalue weighted by molar-refractivity contribution is -0.145. The van der Waals surface area contributed by atoms with Gasteiger partial charge in [-0.05, 0) is 37.3 Å². The fourth-order valence-corrected chi connectivity index (χ4v) is 4.27. The van der Waals surface area contributed by atoms with Gasteiger partial charge in [0.05, 0.1) is 4.90 Å². The molecule has 122 valence electrons. The monoisotopic (exact) mass is 342 g/mol. The Morgan fingerprint density at radius 2 is 1.77 bits per heavy atom. The van der Waals surface area contributed by atoms with Crippen LogP contribution in [0.4, 0.5) is 0 Å². The number of aryl methyl sites for hydroxylation is 1. The van der Waals surface area contributed by atoms with Crippen LogP contribution in [0.2, 0.25) is 0 Å². The molecule has 0 bridgehead atoms. The molecule has 22 heavy (non-hydrogen) atoms. The van der Waals surface area contributed by atoms with E-state index >= 15 is 0 Å². The van der Waals surface area contributed by atoms with Crippen LogP contribution in [0.15, 0.2) is 39.5 Å². The van der Waals surface area contributed by atoms with E-state index in [1.807, 2.05) is 20.8 Å². The molecule has 1 aromatic carbocycles. The number of hydrogen-bond acceptors (Lipinski definition) is 5. The van der Waals surface area contributed by atoms with E-state index in [2.05, 4.69) is 0 Å². The summed E-state index contributed by atoms with van der Waals surface area (Å²) in [5, 5.41) is 0. The molecule has 0 saturated heterocycles. The highest BCUT2D eigenvalue weighted by Crippen LogP contribution is 2.29. The van der Waals surface area contributed by atoms with E-state index in [-0.39, 0.29) is 15.1 Å². The van der Waals surface area contributed by atoms with Crippen LogP contribution in [0.1, 0.15) is 26.3 Å². The smallest absolute Gasteiger partial charge is 0.303 e. The van der Waals surface area contributed by atoms with Gasteiger partial charge in [-0.3, -0.25) is 4.79 Å². The summed E-state index contributed by atoms with van der Waals surface area (Å²) in [5.74, 6) is -0.442. The molecule has 0 aliphatic heterocycles. The van der Waals surface area contributed by atoms with Crippen LogP contribution in [0, 0.1) is 12.8 Å². The number of esters is 1. The van der Waals surface area contributed by atoms with Crippen LogP contribution in [0.3, 0.4) is 0 Å². The molecule has 4 nitrogen and oxygen atoms in total. The molecule has 1 atom stereocenters. The quantitative estimate of drug-likeness (QED) is 0.740. The van der Waals surface area contributed by atoms with Crippen LogP contribution in [-0.2, 0) is 19.4 Å². The molecule has 0 aliphatic carbocycles. The standard InChI is InChI=1S/C16H22O4S2/c1-11(2)15(20-13(4)17)10-16(21-5)22(18,19)14-8-6-12(3)7-9-14/h6-11,15H,1-5H3/b16-10+. The van der Waals surface area contributed by atoms with Crippen LogP contribution in [-0.4, -0.2) is 26.7 Å². The summed E-state index contributed by atoms with van der Waals surface area (Å²) in [5.41, 5.74) is 0.994. The van der Waals surface area contributed by atoms with Crippen molar-refractivity contribution in [3.05, 3.63) is 40.1 Å². The summed E-state index contributed by atoms with van der Waals surface area (Å²) in [6.07, 6.45) is 2.65. The lowest BCUT2D eigenvalue weighted by Gasteiger charge is -2.18. The number of carbonyl (C=O) groups is 1. The lowest BCUT2D eigenvalue weighted by Crippen LogP contribution is -2.21. The van der Waals surface area contributed by atoms with E-state index in [1.165, 1.54) is 13.0 Å². The zero-order valence-electron chi connectivity index (χ0n) is 13.5. The maximum atomic E-state index is 12.7. The molecular formula is C16H22O4S2. The Morgan fingerprint density at radius 1 is 1.23 bits per heavy atom. The van der Waals surface area contributed by atoms with Gasteiger partial charge in [0.2, 0.25) is 9.84 Å². The second-order valence-electron chi connectivity index (χ2n) is 5.32. The van der Waals surface area contributed by atoms with Crippen molar-refractivity contribution in [2.75, 3.05) is 6.26 Å². The third kappa shape index (κ3) is 4.88. The largest absolute Gasteiger partial charge is 0.458 e. The minimum absolute atomic E-state index is 0.0146. The molecule has 0 heterocycles. The van der Waals surface area contributed by atoms with Gasteiger partial charge in [0.1, 0.15) is 10.3 Å². The van der Waals surface area contributed by atoms with Crippen molar-refractivity contribution in [3.63, 3.8) is 0 Å². The average molecular weight is 342 g/mol. The fourth-order valence-electron chi connectivity index (χ4n) is 1.79. The highest BCUT2D eigenvalue weighted by atomic mass is 32.3. The number of hydrogen-bond donors (Lipinski definition) is 0. The van der Waals surface area contributed by atoms with Gasteiger partial charge in [0.25, 0.3) is 0 Å². The van der Waals surface area contributed by atoms with Crippen molar-refractivity contribution >= 4 is 27.6 Å². The van der Waals surface area contributed by atoms with E-state index in [4.69, 9.17) is 4.74 Å². The molecule has 0 radical (unpaired) electrons. The Balaban J connectivity index is 3.24. The van der Waals surface area contributed by atoms with Gasteiger partial charge in [-0.2, -0.15) is 0 Å². The number of carbonyl (C=O) groups excluding carboxylic acids is 1. The van der Waals surface area contributed by atoms with Crippen molar-refractivity contribution in [1.82, 2.24) is 0 Å². The molecule has 1 aromatic rings. The molecule has 1 rings (SSSR count). The van der Waals surface area contributed by atoms with Gasteiger partial charge in [-0.1, -0.05) is 31.5 Å². The SMILES string of the molecule is CS/C(=C\C(OC(C)=O)C(C)C)S(=O)(=O)c1ccc(C)cc1. The summed E-state index contributed by atoms with van der Waals surface area (Å²) in [4.78, 5) is 11.4. The topological polar surface area (TPSA) is 60.4 Å². The zero-order valence-corrected chi connectivity index (χ0v) is 15.1. The molecule has 1 unspecified atom stereocenters.